The van der Waals surface area contributed by atoms with Crippen molar-refractivity contribution in [3.05, 3.63) is 12.2 Å². The number of ether oxygens (including phenoxy) is 1. The number of nitriles is 1. The van der Waals surface area contributed by atoms with E-state index in [4.69, 9.17) is 10.00 Å². The van der Waals surface area contributed by atoms with E-state index in [0.29, 0.717) is 31.6 Å². The summed E-state index contributed by atoms with van der Waals surface area (Å²) in [5.74, 6) is 1.28. The van der Waals surface area contributed by atoms with Crippen molar-refractivity contribution in [3.8, 4) is 6.07 Å². The third kappa shape index (κ3) is 1.75. The fourth-order valence-corrected chi connectivity index (χ4v) is 3.25. The average Bonchev–Trinajstić information content (AvgIpc) is 3.00. The molecule has 2 aliphatic carbocycles. The van der Waals surface area contributed by atoms with Crippen LogP contribution < -0.4 is 0 Å². The molecule has 0 aromatic rings. The second-order valence-electron chi connectivity index (χ2n) is 5.14. The van der Waals surface area contributed by atoms with E-state index in [-0.39, 0.29) is 17.9 Å². The van der Waals surface area contributed by atoms with Crippen molar-refractivity contribution >= 4 is 5.91 Å². The first-order chi connectivity index (χ1) is 8.29. The molecular formula is C13H16N2O2. The van der Waals surface area contributed by atoms with Crippen LogP contribution in [0.5, 0.6) is 0 Å². The first-order valence-corrected chi connectivity index (χ1v) is 6.26. The molecule has 4 atom stereocenters. The van der Waals surface area contributed by atoms with Gasteiger partial charge in [-0.15, -0.1) is 0 Å². The molecule has 3 aliphatic rings. The van der Waals surface area contributed by atoms with Crippen molar-refractivity contribution in [2.75, 3.05) is 19.8 Å². The number of rotatable bonds is 1. The SMILES string of the molecule is N#CC1COCCN1C(=O)C1CC2C=CC1C2. The first-order valence-electron chi connectivity index (χ1n) is 6.26. The van der Waals surface area contributed by atoms with E-state index in [1.807, 2.05) is 0 Å². The molecule has 1 saturated carbocycles. The molecule has 1 heterocycles. The van der Waals surface area contributed by atoms with Crippen molar-refractivity contribution < 1.29 is 9.53 Å². The molecule has 0 spiro atoms. The third-order valence-electron chi connectivity index (χ3n) is 4.16. The second-order valence-corrected chi connectivity index (χ2v) is 5.14. The Labute approximate surface area is 101 Å². The maximum absolute atomic E-state index is 12.4. The predicted molar refractivity (Wildman–Crippen MR) is 60.8 cm³/mol. The fraction of sp³-hybridized carbons (Fsp3) is 0.692. The van der Waals surface area contributed by atoms with Gasteiger partial charge in [0, 0.05) is 12.5 Å². The third-order valence-corrected chi connectivity index (χ3v) is 4.16. The van der Waals surface area contributed by atoms with Gasteiger partial charge in [0.25, 0.3) is 0 Å². The van der Waals surface area contributed by atoms with E-state index in [1.54, 1.807) is 4.90 Å². The summed E-state index contributed by atoms with van der Waals surface area (Å²) in [4.78, 5) is 14.2. The molecule has 4 heteroatoms. The van der Waals surface area contributed by atoms with E-state index in [2.05, 4.69) is 18.2 Å². The molecule has 90 valence electrons. The van der Waals surface area contributed by atoms with Crippen LogP contribution in [-0.4, -0.2) is 36.6 Å². The van der Waals surface area contributed by atoms with Crippen LogP contribution in [-0.2, 0) is 9.53 Å². The number of hydrogen-bond donors (Lipinski definition) is 0. The molecular weight excluding hydrogens is 216 g/mol. The number of nitrogens with zero attached hydrogens (tertiary/aromatic N) is 2. The first kappa shape index (κ1) is 10.8. The lowest BCUT2D eigenvalue weighted by atomic mass is 9.91. The minimum atomic E-state index is -0.389. The fourth-order valence-electron chi connectivity index (χ4n) is 3.25. The summed E-state index contributed by atoms with van der Waals surface area (Å²) < 4.78 is 5.25. The van der Waals surface area contributed by atoms with Gasteiger partial charge >= 0.3 is 0 Å². The Bertz CT molecular complexity index is 399. The molecule has 1 saturated heterocycles. The van der Waals surface area contributed by atoms with Crippen molar-refractivity contribution in [3.63, 3.8) is 0 Å². The summed E-state index contributed by atoms with van der Waals surface area (Å²) in [5.41, 5.74) is 0. The summed E-state index contributed by atoms with van der Waals surface area (Å²) >= 11 is 0. The van der Waals surface area contributed by atoms with Crippen LogP contribution >= 0.6 is 0 Å². The van der Waals surface area contributed by atoms with Crippen LogP contribution in [0.15, 0.2) is 12.2 Å². The van der Waals surface area contributed by atoms with E-state index < -0.39 is 0 Å². The number of morpholine rings is 1. The van der Waals surface area contributed by atoms with Crippen molar-refractivity contribution in [2.24, 2.45) is 17.8 Å². The highest BCUT2D eigenvalue weighted by Crippen LogP contribution is 2.44. The zero-order valence-electron chi connectivity index (χ0n) is 9.71. The van der Waals surface area contributed by atoms with Gasteiger partial charge in [0.2, 0.25) is 5.91 Å². The smallest absolute Gasteiger partial charge is 0.227 e. The maximum atomic E-state index is 12.4. The molecule has 0 aromatic heterocycles. The molecule has 1 amide bonds. The van der Waals surface area contributed by atoms with Gasteiger partial charge in [-0.05, 0) is 24.7 Å². The van der Waals surface area contributed by atoms with Crippen LogP contribution in [0.2, 0.25) is 0 Å². The zero-order valence-corrected chi connectivity index (χ0v) is 9.71. The molecule has 3 rings (SSSR count). The number of carbonyl (C=O) groups excluding carboxylic acids is 1. The number of carbonyl (C=O) groups is 1. The number of hydrogen-bond acceptors (Lipinski definition) is 3. The largest absolute Gasteiger partial charge is 0.376 e. The topological polar surface area (TPSA) is 53.3 Å². The van der Waals surface area contributed by atoms with E-state index in [9.17, 15) is 4.79 Å². The monoisotopic (exact) mass is 232 g/mol. The maximum Gasteiger partial charge on any atom is 0.227 e. The van der Waals surface area contributed by atoms with E-state index in [0.717, 1.165) is 12.8 Å². The lowest BCUT2D eigenvalue weighted by Gasteiger charge is -2.34. The molecule has 17 heavy (non-hydrogen) atoms. The van der Waals surface area contributed by atoms with Gasteiger partial charge in [-0.3, -0.25) is 4.79 Å². The lowest BCUT2D eigenvalue weighted by molar-refractivity contribution is -0.142. The number of fused-ring (bicyclic) bond motifs is 2. The summed E-state index contributed by atoms with van der Waals surface area (Å²) in [6, 6.07) is 1.78. The van der Waals surface area contributed by atoms with Crippen molar-refractivity contribution in [1.82, 2.24) is 4.90 Å². The van der Waals surface area contributed by atoms with E-state index in [1.165, 1.54) is 0 Å². The lowest BCUT2D eigenvalue weighted by Crippen LogP contribution is -2.50. The van der Waals surface area contributed by atoms with E-state index >= 15 is 0 Å². The Morgan fingerprint density at radius 1 is 1.41 bits per heavy atom. The summed E-state index contributed by atoms with van der Waals surface area (Å²) in [6.45, 7) is 1.48. The zero-order chi connectivity index (χ0) is 11.8. The van der Waals surface area contributed by atoms with Gasteiger partial charge in [-0.2, -0.15) is 5.26 Å². The minimum absolute atomic E-state index is 0.110. The molecule has 0 aromatic carbocycles. The van der Waals surface area contributed by atoms with Crippen LogP contribution in [0.4, 0.5) is 0 Å². The normalized spacial score (nSPS) is 39.4. The summed E-state index contributed by atoms with van der Waals surface area (Å²) in [6.07, 6.45) is 6.50. The van der Waals surface area contributed by atoms with Gasteiger partial charge in [0.1, 0.15) is 6.04 Å². The molecule has 0 N–H and O–H groups in total. The predicted octanol–water partition coefficient (Wildman–Crippen LogP) is 0.950. The Balaban J connectivity index is 1.73. The molecule has 2 bridgehead atoms. The van der Waals surface area contributed by atoms with Crippen LogP contribution in [0.1, 0.15) is 12.8 Å². The standard InChI is InChI=1S/C13H16N2O2/c14-7-11-8-17-4-3-15(11)13(16)12-6-9-1-2-10(12)5-9/h1-2,9-12H,3-6,8H2. The van der Waals surface area contributed by atoms with Gasteiger partial charge in [0.05, 0.1) is 19.3 Å². The molecule has 4 nitrogen and oxygen atoms in total. The Kier molecular flexibility index (Phi) is 2.64. The molecule has 1 aliphatic heterocycles. The average molecular weight is 232 g/mol. The summed E-state index contributed by atoms with van der Waals surface area (Å²) in [5, 5.41) is 9.05. The Hall–Kier alpha value is -1.34. The number of amides is 1. The molecule has 0 radical (unpaired) electrons. The van der Waals surface area contributed by atoms with Crippen LogP contribution in [0.3, 0.4) is 0 Å². The Morgan fingerprint density at radius 2 is 2.29 bits per heavy atom. The van der Waals surface area contributed by atoms with Gasteiger partial charge < -0.3 is 9.64 Å². The Morgan fingerprint density at radius 3 is 2.94 bits per heavy atom. The van der Waals surface area contributed by atoms with Gasteiger partial charge in [-0.25, -0.2) is 0 Å². The van der Waals surface area contributed by atoms with Crippen molar-refractivity contribution in [2.45, 2.75) is 18.9 Å². The summed E-state index contributed by atoms with van der Waals surface area (Å²) in [7, 11) is 0. The minimum Gasteiger partial charge on any atom is -0.376 e. The highest BCUT2D eigenvalue weighted by atomic mass is 16.5. The number of allylic oxidation sites excluding steroid dienone is 2. The van der Waals surface area contributed by atoms with Crippen molar-refractivity contribution in [1.29, 1.82) is 5.26 Å². The molecule has 2 fully saturated rings. The highest BCUT2D eigenvalue weighted by Gasteiger charge is 2.43. The second kappa shape index (κ2) is 4.15. The highest BCUT2D eigenvalue weighted by molar-refractivity contribution is 5.81. The molecule has 4 unspecified atom stereocenters. The quantitative estimate of drug-likeness (QED) is 0.632. The van der Waals surface area contributed by atoms with Crippen LogP contribution in [0, 0.1) is 29.1 Å². The van der Waals surface area contributed by atoms with Crippen LogP contribution in [0.25, 0.3) is 0 Å². The van der Waals surface area contributed by atoms with Gasteiger partial charge in [-0.1, -0.05) is 12.2 Å². The van der Waals surface area contributed by atoms with Gasteiger partial charge in [0.15, 0.2) is 0 Å².